The second kappa shape index (κ2) is 8.53. The molecule has 0 saturated carbocycles. The Balaban J connectivity index is 1.78. The largest absolute Gasteiger partial charge is 0.495 e. The number of methoxy groups -OCH3 is 1. The van der Waals surface area contributed by atoms with Crippen LogP contribution in [0.4, 0.5) is 0 Å². The first kappa shape index (κ1) is 17.3. The zero-order valence-electron chi connectivity index (χ0n) is 12.4. The minimum atomic E-state index is -0.517. The van der Waals surface area contributed by atoms with Gasteiger partial charge in [0, 0.05) is 11.0 Å². The molecule has 0 bridgehead atoms. The van der Waals surface area contributed by atoms with Crippen LogP contribution in [0, 0.1) is 0 Å². The molecule has 2 aromatic carbocycles. The summed E-state index contributed by atoms with van der Waals surface area (Å²) in [6, 6.07) is 13.5. The highest BCUT2D eigenvalue weighted by Gasteiger charge is 2.07. The molecule has 5 heteroatoms. The quantitative estimate of drug-likeness (QED) is 0.710. The second-order valence-electron chi connectivity index (χ2n) is 4.99. The third-order valence-corrected chi connectivity index (χ3v) is 4.17. The molecular weight excluding hydrogens is 366 g/mol. The minimum Gasteiger partial charge on any atom is -0.495 e. The number of hydrogen-bond donors (Lipinski definition) is 2. The van der Waals surface area contributed by atoms with Crippen molar-refractivity contribution < 1.29 is 9.84 Å². The highest BCUT2D eigenvalue weighted by atomic mass is 79.9. The van der Waals surface area contributed by atoms with Crippen molar-refractivity contribution >= 4 is 27.5 Å². The number of aliphatic hydroxyl groups is 1. The maximum atomic E-state index is 10.1. The van der Waals surface area contributed by atoms with Crippen molar-refractivity contribution in [1.29, 1.82) is 0 Å². The van der Waals surface area contributed by atoms with Gasteiger partial charge in [-0.05, 0) is 48.4 Å². The van der Waals surface area contributed by atoms with Gasteiger partial charge in [-0.15, -0.1) is 0 Å². The molecule has 0 aliphatic heterocycles. The number of ether oxygens (including phenoxy) is 1. The van der Waals surface area contributed by atoms with E-state index >= 15 is 0 Å². The molecule has 2 N–H and O–H groups in total. The van der Waals surface area contributed by atoms with E-state index in [4.69, 9.17) is 16.3 Å². The van der Waals surface area contributed by atoms with E-state index in [0.717, 1.165) is 28.6 Å². The molecule has 0 fully saturated rings. The van der Waals surface area contributed by atoms with E-state index in [-0.39, 0.29) is 0 Å². The molecule has 22 heavy (non-hydrogen) atoms. The predicted octanol–water partition coefficient (Wildman–Crippen LogP) is 3.98. The third kappa shape index (κ3) is 4.99. The Bertz CT molecular complexity index is 621. The average Bonchev–Trinajstić information content (AvgIpc) is 2.51. The fourth-order valence-electron chi connectivity index (χ4n) is 2.17. The lowest BCUT2D eigenvalue weighted by atomic mass is 10.1. The molecule has 0 saturated heterocycles. The van der Waals surface area contributed by atoms with Crippen LogP contribution in [0.5, 0.6) is 5.75 Å². The predicted molar refractivity (Wildman–Crippen MR) is 93.7 cm³/mol. The maximum Gasteiger partial charge on any atom is 0.137 e. The summed E-state index contributed by atoms with van der Waals surface area (Å²) in [5.41, 5.74) is 2.03. The van der Waals surface area contributed by atoms with Crippen LogP contribution in [-0.2, 0) is 6.42 Å². The smallest absolute Gasteiger partial charge is 0.137 e. The van der Waals surface area contributed by atoms with Crippen LogP contribution < -0.4 is 10.1 Å². The van der Waals surface area contributed by atoms with Gasteiger partial charge >= 0.3 is 0 Å². The monoisotopic (exact) mass is 383 g/mol. The summed E-state index contributed by atoms with van der Waals surface area (Å²) >= 11 is 9.50. The highest BCUT2D eigenvalue weighted by Crippen LogP contribution is 2.25. The van der Waals surface area contributed by atoms with E-state index < -0.39 is 6.10 Å². The van der Waals surface area contributed by atoms with Crippen molar-refractivity contribution in [3.8, 4) is 5.75 Å². The Morgan fingerprint density at radius 3 is 2.77 bits per heavy atom. The van der Waals surface area contributed by atoms with Gasteiger partial charge in [0.05, 0.1) is 18.2 Å². The molecule has 0 aliphatic rings. The number of benzene rings is 2. The van der Waals surface area contributed by atoms with E-state index in [0.29, 0.717) is 17.3 Å². The van der Waals surface area contributed by atoms with E-state index in [2.05, 4.69) is 21.2 Å². The highest BCUT2D eigenvalue weighted by molar-refractivity contribution is 9.10. The number of nitrogens with one attached hydrogen (secondary N) is 1. The van der Waals surface area contributed by atoms with Gasteiger partial charge in [0.2, 0.25) is 0 Å². The van der Waals surface area contributed by atoms with Crippen LogP contribution >= 0.6 is 27.5 Å². The molecule has 0 unspecified atom stereocenters. The summed E-state index contributed by atoms with van der Waals surface area (Å²) in [6.45, 7) is 1.29. The third-order valence-electron chi connectivity index (χ3n) is 3.38. The van der Waals surface area contributed by atoms with E-state index in [1.165, 1.54) is 0 Å². The van der Waals surface area contributed by atoms with Crippen molar-refractivity contribution in [3.63, 3.8) is 0 Å². The average molecular weight is 385 g/mol. The summed E-state index contributed by atoms with van der Waals surface area (Å²) in [5.74, 6) is 0.684. The molecule has 3 nitrogen and oxygen atoms in total. The molecule has 0 radical (unpaired) electrons. The van der Waals surface area contributed by atoms with Gasteiger partial charge in [0.1, 0.15) is 5.75 Å². The summed E-state index contributed by atoms with van der Waals surface area (Å²) < 4.78 is 6.10. The molecule has 0 spiro atoms. The van der Waals surface area contributed by atoms with E-state index in [1.807, 2.05) is 42.5 Å². The van der Waals surface area contributed by atoms with Gasteiger partial charge in [-0.1, -0.05) is 45.7 Å². The fraction of sp³-hybridized carbons (Fsp3) is 0.294. The van der Waals surface area contributed by atoms with Crippen LogP contribution in [0.25, 0.3) is 0 Å². The fourth-order valence-corrected chi connectivity index (χ4v) is 2.87. The topological polar surface area (TPSA) is 41.5 Å². The van der Waals surface area contributed by atoms with Gasteiger partial charge in [-0.2, -0.15) is 0 Å². The first-order valence-electron chi connectivity index (χ1n) is 7.07. The number of aliphatic hydroxyl groups excluding tert-OH is 1. The second-order valence-corrected chi connectivity index (χ2v) is 6.32. The maximum absolute atomic E-state index is 10.1. The SMILES string of the molecule is COc1ccc(CCNC[C@H](O)c2cccc(Br)c2)cc1Cl. The van der Waals surface area contributed by atoms with E-state index in [9.17, 15) is 5.11 Å². The van der Waals surface area contributed by atoms with Gasteiger partial charge < -0.3 is 15.2 Å². The lowest BCUT2D eigenvalue weighted by molar-refractivity contribution is 0.175. The van der Waals surface area contributed by atoms with Crippen molar-refractivity contribution in [2.45, 2.75) is 12.5 Å². The molecule has 118 valence electrons. The standard InChI is InChI=1S/C17H19BrClNO2/c1-22-17-6-5-12(9-15(17)19)7-8-20-11-16(21)13-3-2-4-14(18)10-13/h2-6,9-10,16,20-21H,7-8,11H2,1H3/t16-/m0/s1. The Morgan fingerprint density at radius 1 is 1.27 bits per heavy atom. The van der Waals surface area contributed by atoms with Crippen molar-refractivity contribution in [1.82, 2.24) is 5.32 Å². The van der Waals surface area contributed by atoms with Crippen molar-refractivity contribution in [3.05, 3.63) is 63.1 Å². The lowest BCUT2D eigenvalue weighted by Crippen LogP contribution is -2.23. The first-order chi connectivity index (χ1) is 10.6. The Labute approximate surface area is 144 Å². The zero-order valence-corrected chi connectivity index (χ0v) is 14.7. The normalized spacial score (nSPS) is 12.2. The van der Waals surface area contributed by atoms with Gasteiger partial charge in [0.25, 0.3) is 0 Å². The number of hydrogen-bond acceptors (Lipinski definition) is 3. The summed E-state index contributed by atoms with van der Waals surface area (Å²) in [7, 11) is 1.60. The minimum absolute atomic E-state index is 0.514. The number of halogens is 2. The van der Waals surface area contributed by atoms with Crippen molar-refractivity contribution in [2.24, 2.45) is 0 Å². The van der Waals surface area contributed by atoms with Gasteiger partial charge in [-0.3, -0.25) is 0 Å². The Kier molecular flexibility index (Phi) is 6.70. The lowest BCUT2D eigenvalue weighted by Gasteiger charge is -2.13. The summed E-state index contributed by atoms with van der Waals surface area (Å²) in [6.07, 6.45) is 0.325. The van der Waals surface area contributed by atoms with Gasteiger partial charge in [-0.25, -0.2) is 0 Å². The van der Waals surface area contributed by atoms with E-state index in [1.54, 1.807) is 7.11 Å². The van der Waals surface area contributed by atoms with Crippen LogP contribution in [-0.4, -0.2) is 25.3 Å². The molecule has 1 atom stereocenters. The van der Waals surface area contributed by atoms with Crippen LogP contribution in [0.1, 0.15) is 17.2 Å². The summed E-state index contributed by atoms with van der Waals surface area (Å²) in [5, 5.41) is 14.0. The number of rotatable bonds is 7. The Hall–Kier alpha value is -1.07. The Morgan fingerprint density at radius 2 is 2.09 bits per heavy atom. The van der Waals surface area contributed by atoms with Crippen molar-refractivity contribution in [2.75, 3.05) is 20.2 Å². The summed E-state index contributed by atoms with van der Waals surface area (Å²) in [4.78, 5) is 0. The van der Waals surface area contributed by atoms with Gasteiger partial charge in [0.15, 0.2) is 0 Å². The van der Waals surface area contributed by atoms with Crippen LogP contribution in [0.2, 0.25) is 5.02 Å². The first-order valence-corrected chi connectivity index (χ1v) is 8.24. The molecular formula is C17H19BrClNO2. The molecule has 0 aliphatic carbocycles. The molecule has 0 heterocycles. The molecule has 2 rings (SSSR count). The molecule has 0 amide bonds. The van der Waals surface area contributed by atoms with Crippen LogP contribution in [0.15, 0.2) is 46.9 Å². The molecule has 0 aromatic heterocycles. The van der Waals surface area contributed by atoms with Crippen LogP contribution in [0.3, 0.4) is 0 Å². The molecule has 2 aromatic rings. The zero-order chi connectivity index (χ0) is 15.9.